The molecular weight excluding hydrogens is 307 g/mol. The summed E-state index contributed by atoms with van der Waals surface area (Å²) in [6.07, 6.45) is 1.01. The third kappa shape index (κ3) is 5.06. The Morgan fingerprint density at radius 3 is 2.71 bits per heavy atom. The molecule has 2 rings (SSSR count). The molecule has 1 N–H and O–H groups in total. The Kier molecular flexibility index (Phi) is 6.32. The van der Waals surface area contributed by atoms with Crippen LogP contribution in [0.1, 0.15) is 17.5 Å². The summed E-state index contributed by atoms with van der Waals surface area (Å²) in [6, 6.07) is 12.4. The molecule has 0 heterocycles. The van der Waals surface area contributed by atoms with E-state index in [4.69, 9.17) is 4.74 Å². The molecule has 0 aromatic heterocycles. The number of anilines is 2. The Hall–Kier alpha value is -2.40. The Labute approximate surface area is 142 Å². The normalized spacial score (nSPS) is 10.5. The molecule has 2 aromatic rings. The number of aryl methyl sites for hydroxylation is 1. The molecule has 0 unspecified atom stereocenters. The number of nitrogens with one attached hydrogen (secondary N) is 1. The number of methoxy groups -OCH3 is 1. The maximum absolute atomic E-state index is 13.3. The molecule has 5 heteroatoms. The highest BCUT2D eigenvalue weighted by Gasteiger charge is 2.09. The smallest absolute Gasteiger partial charge is 0.224 e. The van der Waals surface area contributed by atoms with Gasteiger partial charge in [-0.3, -0.25) is 4.79 Å². The number of rotatable bonds is 7. The van der Waals surface area contributed by atoms with Gasteiger partial charge in [0.2, 0.25) is 5.91 Å². The van der Waals surface area contributed by atoms with Crippen LogP contribution in [0.15, 0.2) is 42.5 Å². The zero-order valence-corrected chi connectivity index (χ0v) is 14.3. The van der Waals surface area contributed by atoms with E-state index >= 15 is 0 Å². The lowest BCUT2D eigenvalue weighted by Crippen LogP contribution is -2.14. The Bertz CT molecular complexity index is 702. The van der Waals surface area contributed by atoms with Crippen LogP contribution < -0.4 is 10.2 Å². The number of carbonyl (C=O) groups excluding carboxylic acids is 1. The number of hydrogen-bond acceptors (Lipinski definition) is 3. The second kappa shape index (κ2) is 8.45. The van der Waals surface area contributed by atoms with Gasteiger partial charge in [-0.2, -0.15) is 0 Å². The van der Waals surface area contributed by atoms with Gasteiger partial charge in [-0.15, -0.1) is 0 Å². The largest absolute Gasteiger partial charge is 0.380 e. The average Bonchev–Trinajstić information content (AvgIpc) is 2.56. The first kappa shape index (κ1) is 17.9. The summed E-state index contributed by atoms with van der Waals surface area (Å²) in [5, 5.41) is 2.83. The molecule has 0 aliphatic rings. The molecule has 0 atom stereocenters. The van der Waals surface area contributed by atoms with Gasteiger partial charge in [-0.1, -0.05) is 12.1 Å². The summed E-state index contributed by atoms with van der Waals surface area (Å²) in [7, 11) is 5.50. The van der Waals surface area contributed by atoms with Crippen molar-refractivity contribution in [1.82, 2.24) is 0 Å². The van der Waals surface area contributed by atoms with E-state index in [2.05, 4.69) is 11.4 Å². The average molecular weight is 330 g/mol. The van der Waals surface area contributed by atoms with Crippen LogP contribution in [0.4, 0.5) is 15.8 Å². The summed E-state index contributed by atoms with van der Waals surface area (Å²) in [5.74, 6) is -0.449. The van der Waals surface area contributed by atoms with Crippen molar-refractivity contribution < 1.29 is 13.9 Å². The second-order valence-corrected chi connectivity index (χ2v) is 5.85. The molecule has 0 bridgehead atoms. The highest BCUT2D eigenvalue weighted by Crippen LogP contribution is 2.19. The molecule has 0 saturated carbocycles. The van der Waals surface area contributed by atoms with Gasteiger partial charge in [0.05, 0.1) is 6.61 Å². The van der Waals surface area contributed by atoms with Crippen molar-refractivity contribution in [1.29, 1.82) is 0 Å². The monoisotopic (exact) mass is 330 g/mol. The van der Waals surface area contributed by atoms with Crippen molar-refractivity contribution in [2.24, 2.45) is 0 Å². The lowest BCUT2D eigenvalue weighted by molar-refractivity contribution is -0.116. The molecule has 0 radical (unpaired) electrons. The van der Waals surface area contributed by atoms with Gasteiger partial charge in [0, 0.05) is 44.6 Å². The van der Waals surface area contributed by atoms with Gasteiger partial charge < -0.3 is 15.0 Å². The Morgan fingerprint density at radius 1 is 1.21 bits per heavy atom. The number of amides is 1. The predicted octanol–water partition coefficient (Wildman–Crippen LogP) is 3.61. The van der Waals surface area contributed by atoms with Crippen LogP contribution in [0.2, 0.25) is 0 Å². The second-order valence-electron chi connectivity index (χ2n) is 5.85. The fourth-order valence-corrected chi connectivity index (χ4v) is 2.42. The zero-order chi connectivity index (χ0) is 17.5. The van der Waals surface area contributed by atoms with E-state index < -0.39 is 0 Å². The first-order valence-corrected chi connectivity index (χ1v) is 7.83. The van der Waals surface area contributed by atoms with Crippen molar-refractivity contribution in [3.63, 3.8) is 0 Å². The van der Waals surface area contributed by atoms with Gasteiger partial charge in [0.25, 0.3) is 0 Å². The summed E-state index contributed by atoms with van der Waals surface area (Å²) in [4.78, 5) is 14.2. The summed E-state index contributed by atoms with van der Waals surface area (Å²) >= 11 is 0. The number of hydrogen-bond donors (Lipinski definition) is 1. The lowest BCUT2D eigenvalue weighted by Gasteiger charge is -2.14. The van der Waals surface area contributed by atoms with E-state index in [1.54, 1.807) is 6.07 Å². The van der Waals surface area contributed by atoms with Gasteiger partial charge in [0.15, 0.2) is 0 Å². The van der Waals surface area contributed by atoms with Crippen molar-refractivity contribution in [3.05, 3.63) is 59.4 Å². The van der Waals surface area contributed by atoms with Crippen molar-refractivity contribution in [3.8, 4) is 0 Å². The lowest BCUT2D eigenvalue weighted by atomic mass is 10.1. The number of nitrogens with zero attached hydrogens (tertiary/aromatic N) is 1. The minimum absolute atomic E-state index is 0.103. The third-order valence-corrected chi connectivity index (χ3v) is 3.71. The molecule has 0 spiro atoms. The number of benzene rings is 2. The topological polar surface area (TPSA) is 41.6 Å². The van der Waals surface area contributed by atoms with Crippen LogP contribution in [-0.2, 0) is 22.6 Å². The molecule has 0 fully saturated rings. The maximum Gasteiger partial charge on any atom is 0.224 e. The van der Waals surface area contributed by atoms with Crippen LogP contribution in [0.5, 0.6) is 0 Å². The van der Waals surface area contributed by atoms with Gasteiger partial charge in [-0.25, -0.2) is 4.39 Å². The molecule has 2 aromatic carbocycles. The first-order valence-electron chi connectivity index (χ1n) is 7.83. The molecular formula is C19H23FN2O2. The van der Waals surface area contributed by atoms with Crippen molar-refractivity contribution in [2.75, 3.05) is 31.4 Å². The van der Waals surface area contributed by atoms with Gasteiger partial charge in [0.1, 0.15) is 5.82 Å². The summed E-state index contributed by atoms with van der Waals surface area (Å²) in [6.45, 7) is 0.248. The SMILES string of the molecule is COCc1cc(F)ccc1NC(=O)CCc1cccc(N(C)C)c1. The van der Waals surface area contributed by atoms with Gasteiger partial charge in [-0.05, 0) is 42.3 Å². The Balaban J connectivity index is 1.98. The van der Waals surface area contributed by atoms with Crippen LogP contribution in [-0.4, -0.2) is 27.1 Å². The number of ether oxygens (including phenoxy) is 1. The molecule has 24 heavy (non-hydrogen) atoms. The Morgan fingerprint density at radius 2 is 2.00 bits per heavy atom. The number of carbonyl (C=O) groups is 1. The highest BCUT2D eigenvalue weighted by molar-refractivity contribution is 5.91. The maximum atomic E-state index is 13.3. The minimum Gasteiger partial charge on any atom is -0.380 e. The molecule has 0 saturated heterocycles. The molecule has 4 nitrogen and oxygen atoms in total. The van der Waals surface area contributed by atoms with Crippen LogP contribution in [0.3, 0.4) is 0 Å². The predicted molar refractivity (Wildman–Crippen MR) is 94.8 cm³/mol. The van der Waals surface area contributed by atoms with E-state index in [1.807, 2.05) is 37.2 Å². The van der Waals surface area contributed by atoms with E-state index in [9.17, 15) is 9.18 Å². The van der Waals surface area contributed by atoms with E-state index in [0.29, 0.717) is 24.1 Å². The molecule has 0 aliphatic heterocycles. The van der Waals surface area contributed by atoms with E-state index in [0.717, 1.165) is 11.3 Å². The number of halogens is 1. The van der Waals surface area contributed by atoms with E-state index in [1.165, 1.54) is 19.2 Å². The molecule has 128 valence electrons. The fraction of sp³-hybridized carbons (Fsp3) is 0.316. The zero-order valence-electron chi connectivity index (χ0n) is 14.3. The fourth-order valence-electron chi connectivity index (χ4n) is 2.42. The van der Waals surface area contributed by atoms with Crippen LogP contribution in [0.25, 0.3) is 0 Å². The third-order valence-electron chi connectivity index (χ3n) is 3.71. The first-order chi connectivity index (χ1) is 11.5. The summed E-state index contributed by atoms with van der Waals surface area (Å²) in [5.41, 5.74) is 3.42. The van der Waals surface area contributed by atoms with Crippen LogP contribution >= 0.6 is 0 Å². The van der Waals surface area contributed by atoms with Crippen molar-refractivity contribution in [2.45, 2.75) is 19.4 Å². The molecule has 0 aliphatic carbocycles. The minimum atomic E-state index is -0.347. The van der Waals surface area contributed by atoms with E-state index in [-0.39, 0.29) is 18.3 Å². The standard InChI is InChI=1S/C19H23FN2O2/c1-22(2)17-6-4-5-14(11-17)7-10-19(23)21-18-9-8-16(20)12-15(18)13-24-3/h4-6,8-9,11-12H,7,10,13H2,1-3H3,(H,21,23). The molecule has 1 amide bonds. The van der Waals surface area contributed by atoms with Crippen molar-refractivity contribution >= 4 is 17.3 Å². The quantitative estimate of drug-likeness (QED) is 0.843. The van der Waals surface area contributed by atoms with Gasteiger partial charge >= 0.3 is 0 Å². The summed E-state index contributed by atoms with van der Waals surface area (Å²) < 4.78 is 18.4. The van der Waals surface area contributed by atoms with Crippen LogP contribution in [0, 0.1) is 5.82 Å². The highest BCUT2D eigenvalue weighted by atomic mass is 19.1.